The zero-order valence-corrected chi connectivity index (χ0v) is 20.0. The van der Waals surface area contributed by atoms with E-state index in [9.17, 15) is 27.2 Å². The van der Waals surface area contributed by atoms with E-state index in [1.54, 1.807) is 18.2 Å². The number of nitrogens with zero attached hydrogens (tertiary/aromatic N) is 3. The largest absolute Gasteiger partial charge is 0.480 e. The van der Waals surface area contributed by atoms with Gasteiger partial charge in [-0.1, -0.05) is 18.2 Å². The van der Waals surface area contributed by atoms with Crippen molar-refractivity contribution >= 4 is 23.5 Å². The van der Waals surface area contributed by atoms with Gasteiger partial charge < -0.3 is 14.8 Å². The van der Waals surface area contributed by atoms with Crippen LogP contribution >= 0.6 is 0 Å². The van der Waals surface area contributed by atoms with Crippen molar-refractivity contribution in [3.05, 3.63) is 83.6 Å². The van der Waals surface area contributed by atoms with E-state index in [4.69, 9.17) is 9.47 Å². The molecular formula is C25H21F4N5O4. The SMILES string of the molecule is COc1cnc(C(=O)Nc2ccc(F)c(C3(C)CC(C(F)(F)F)OC(NC(=O)c4ccccc4)=N3)c2)cn1. The number of aliphatic imine (C=N–C) groups is 1. The summed E-state index contributed by atoms with van der Waals surface area (Å²) in [6, 6.07) is 10.4. The Bertz CT molecular complexity index is 1370. The van der Waals surface area contributed by atoms with Crippen LogP contribution in [-0.2, 0) is 10.3 Å². The number of rotatable bonds is 5. The van der Waals surface area contributed by atoms with Crippen LogP contribution in [0.5, 0.6) is 5.88 Å². The molecule has 0 aliphatic carbocycles. The van der Waals surface area contributed by atoms with E-state index in [2.05, 4.69) is 25.6 Å². The summed E-state index contributed by atoms with van der Waals surface area (Å²) in [5, 5.41) is 4.74. The number of carbonyl (C=O) groups is 2. The lowest BCUT2D eigenvalue weighted by Crippen LogP contribution is -2.48. The van der Waals surface area contributed by atoms with Crippen molar-refractivity contribution in [2.24, 2.45) is 4.99 Å². The molecule has 2 aromatic carbocycles. The number of methoxy groups -OCH3 is 1. The van der Waals surface area contributed by atoms with Crippen molar-refractivity contribution in [3.63, 3.8) is 0 Å². The number of hydrogen-bond acceptors (Lipinski definition) is 7. The Morgan fingerprint density at radius 1 is 1.05 bits per heavy atom. The quantitative estimate of drug-likeness (QED) is 0.477. The maximum Gasteiger partial charge on any atom is 0.425 e. The van der Waals surface area contributed by atoms with Gasteiger partial charge in [0.15, 0.2) is 6.10 Å². The van der Waals surface area contributed by atoms with Crippen LogP contribution in [0.1, 0.15) is 39.8 Å². The minimum Gasteiger partial charge on any atom is -0.480 e. The Kier molecular flexibility index (Phi) is 7.28. The average molecular weight is 531 g/mol. The number of nitrogens with one attached hydrogen (secondary N) is 2. The molecule has 1 aliphatic heterocycles. The highest BCUT2D eigenvalue weighted by atomic mass is 19.4. The van der Waals surface area contributed by atoms with Gasteiger partial charge >= 0.3 is 6.18 Å². The third-order valence-corrected chi connectivity index (χ3v) is 5.68. The van der Waals surface area contributed by atoms with Crippen LogP contribution in [0.25, 0.3) is 0 Å². The van der Waals surface area contributed by atoms with Crippen molar-refractivity contribution in [1.29, 1.82) is 0 Å². The van der Waals surface area contributed by atoms with Gasteiger partial charge in [-0.3, -0.25) is 14.9 Å². The molecule has 0 spiro atoms. The van der Waals surface area contributed by atoms with E-state index in [0.717, 1.165) is 12.3 Å². The van der Waals surface area contributed by atoms with Gasteiger partial charge in [-0.05, 0) is 37.3 Å². The van der Waals surface area contributed by atoms with E-state index in [1.807, 2.05) is 0 Å². The molecule has 4 rings (SSSR count). The second-order valence-corrected chi connectivity index (χ2v) is 8.46. The molecule has 0 bridgehead atoms. The zero-order valence-electron chi connectivity index (χ0n) is 20.0. The van der Waals surface area contributed by atoms with Gasteiger partial charge in [0.1, 0.15) is 11.5 Å². The number of ether oxygens (including phenoxy) is 2. The Labute approximate surface area is 213 Å². The summed E-state index contributed by atoms with van der Waals surface area (Å²) in [5.41, 5.74) is -1.91. The van der Waals surface area contributed by atoms with Crippen molar-refractivity contribution in [2.45, 2.75) is 31.2 Å². The maximum atomic E-state index is 15.0. The van der Waals surface area contributed by atoms with Crippen molar-refractivity contribution < 1.29 is 36.6 Å². The first-order valence-electron chi connectivity index (χ1n) is 11.2. The lowest BCUT2D eigenvalue weighted by atomic mass is 9.85. The molecule has 38 heavy (non-hydrogen) atoms. The van der Waals surface area contributed by atoms with E-state index < -0.39 is 47.9 Å². The molecule has 1 aromatic heterocycles. The molecule has 2 unspecified atom stereocenters. The highest BCUT2D eigenvalue weighted by Gasteiger charge is 2.50. The summed E-state index contributed by atoms with van der Waals surface area (Å²) >= 11 is 0. The average Bonchev–Trinajstić information content (AvgIpc) is 2.89. The molecule has 0 fully saturated rings. The van der Waals surface area contributed by atoms with Gasteiger partial charge in [-0.15, -0.1) is 0 Å². The van der Waals surface area contributed by atoms with Crippen molar-refractivity contribution in [2.75, 3.05) is 12.4 Å². The summed E-state index contributed by atoms with van der Waals surface area (Å²) < 4.78 is 66.1. The third-order valence-electron chi connectivity index (χ3n) is 5.68. The monoisotopic (exact) mass is 531 g/mol. The van der Waals surface area contributed by atoms with Gasteiger partial charge in [-0.2, -0.15) is 13.2 Å². The standard InChI is InChI=1S/C25H21F4N5O4/c1-24(11-19(25(27,28)29)38-23(34-24)33-21(35)14-6-4-3-5-7-14)16-10-15(8-9-17(16)26)32-22(36)18-12-31-20(37-2)13-30-18/h3-10,12-13,19H,11H2,1-2H3,(H,32,36)(H,33,34,35). The number of amides is 2. The number of anilines is 1. The number of aromatic nitrogens is 2. The summed E-state index contributed by atoms with van der Waals surface area (Å²) in [5.74, 6) is -2.13. The molecule has 198 valence electrons. The van der Waals surface area contributed by atoms with E-state index >= 15 is 0 Å². The normalized spacial score (nSPS) is 19.1. The van der Waals surface area contributed by atoms with Gasteiger partial charge in [0.25, 0.3) is 17.8 Å². The number of carbonyl (C=O) groups excluding carboxylic acids is 2. The number of hydrogen-bond donors (Lipinski definition) is 2. The van der Waals surface area contributed by atoms with Gasteiger partial charge in [-0.25, -0.2) is 19.4 Å². The highest BCUT2D eigenvalue weighted by molar-refractivity contribution is 6.04. The molecule has 9 nitrogen and oxygen atoms in total. The summed E-state index contributed by atoms with van der Waals surface area (Å²) in [7, 11) is 1.38. The number of benzene rings is 2. The Morgan fingerprint density at radius 3 is 2.42 bits per heavy atom. The molecule has 2 heterocycles. The molecule has 2 amide bonds. The maximum absolute atomic E-state index is 15.0. The van der Waals surface area contributed by atoms with Crippen LogP contribution in [0.2, 0.25) is 0 Å². The van der Waals surface area contributed by atoms with Crippen LogP contribution in [0, 0.1) is 5.82 Å². The first-order valence-corrected chi connectivity index (χ1v) is 11.2. The Balaban J connectivity index is 1.65. The van der Waals surface area contributed by atoms with Crippen LogP contribution in [0.4, 0.5) is 23.2 Å². The topological polar surface area (TPSA) is 115 Å². The number of alkyl halides is 3. The van der Waals surface area contributed by atoms with E-state index in [-0.39, 0.29) is 28.4 Å². The van der Waals surface area contributed by atoms with Crippen molar-refractivity contribution in [1.82, 2.24) is 15.3 Å². The fraction of sp³-hybridized carbons (Fsp3) is 0.240. The zero-order chi connectivity index (χ0) is 27.5. The van der Waals surface area contributed by atoms with Gasteiger partial charge in [0, 0.05) is 23.2 Å². The Hall–Kier alpha value is -4.55. The fourth-order valence-electron chi connectivity index (χ4n) is 3.75. The number of amidine groups is 1. The Morgan fingerprint density at radius 2 is 1.79 bits per heavy atom. The molecule has 2 N–H and O–H groups in total. The first-order chi connectivity index (χ1) is 18.0. The predicted octanol–water partition coefficient (Wildman–Crippen LogP) is 4.23. The second kappa shape index (κ2) is 10.4. The molecule has 3 aromatic rings. The van der Waals surface area contributed by atoms with E-state index in [0.29, 0.717) is 0 Å². The van der Waals surface area contributed by atoms with Crippen molar-refractivity contribution in [3.8, 4) is 5.88 Å². The molecule has 2 atom stereocenters. The molecule has 13 heteroatoms. The molecule has 0 radical (unpaired) electrons. The lowest BCUT2D eigenvalue weighted by Gasteiger charge is -2.36. The fourth-order valence-corrected chi connectivity index (χ4v) is 3.75. The minimum absolute atomic E-state index is 0.0741. The number of halogens is 4. The van der Waals surface area contributed by atoms with Crippen LogP contribution in [0.15, 0.2) is 65.9 Å². The third kappa shape index (κ3) is 5.88. The van der Waals surface area contributed by atoms with Crippen LogP contribution < -0.4 is 15.4 Å². The predicted molar refractivity (Wildman–Crippen MR) is 127 cm³/mol. The van der Waals surface area contributed by atoms with E-state index in [1.165, 1.54) is 44.5 Å². The molecular weight excluding hydrogens is 510 g/mol. The molecule has 0 saturated heterocycles. The van der Waals surface area contributed by atoms with Gasteiger partial charge in [0.05, 0.1) is 25.0 Å². The first kappa shape index (κ1) is 26.5. The molecule has 0 saturated carbocycles. The smallest absolute Gasteiger partial charge is 0.425 e. The van der Waals surface area contributed by atoms with Gasteiger partial charge in [0.2, 0.25) is 5.88 Å². The molecule has 1 aliphatic rings. The van der Waals surface area contributed by atoms with Crippen LogP contribution in [-0.4, -0.2) is 47.2 Å². The summed E-state index contributed by atoms with van der Waals surface area (Å²) in [6.45, 7) is 1.28. The lowest BCUT2D eigenvalue weighted by molar-refractivity contribution is -0.208. The highest BCUT2D eigenvalue weighted by Crippen LogP contribution is 2.41. The minimum atomic E-state index is -4.84. The summed E-state index contributed by atoms with van der Waals surface area (Å²) in [6.07, 6.45) is -5.61. The summed E-state index contributed by atoms with van der Waals surface area (Å²) in [4.78, 5) is 37.0. The second-order valence-electron chi connectivity index (χ2n) is 8.46. The van der Waals surface area contributed by atoms with Crippen LogP contribution in [0.3, 0.4) is 0 Å².